The van der Waals surface area contributed by atoms with Gasteiger partial charge in [0.15, 0.2) is 0 Å². The third-order valence-corrected chi connectivity index (χ3v) is 8.14. The highest BCUT2D eigenvalue weighted by molar-refractivity contribution is 5.93. The molecule has 258 valence electrons. The second-order valence-corrected chi connectivity index (χ2v) is 11.9. The zero-order valence-electron chi connectivity index (χ0n) is 26.6. The van der Waals surface area contributed by atoms with Gasteiger partial charge in [-0.1, -0.05) is 30.3 Å². The van der Waals surface area contributed by atoms with Gasteiger partial charge in [-0.15, -0.1) is 0 Å². The summed E-state index contributed by atoms with van der Waals surface area (Å²) in [6, 6.07) is 7.92. The fraction of sp³-hybridized carbons (Fsp3) is 0.500. The number of carbonyl (C=O) groups is 4. The van der Waals surface area contributed by atoms with Crippen molar-refractivity contribution in [3.63, 3.8) is 0 Å². The maximum absolute atomic E-state index is 13.9. The van der Waals surface area contributed by atoms with Crippen molar-refractivity contribution in [2.75, 3.05) is 33.2 Å². The van der Waals surface area contributed by atoms with Crippen molar-refractivity contribution in [3.8, 4) is 16.9 Å². The molecule has 1 unspecified atom stereocenters. The SMILES string of the molecule is CN1C(=O)[C@H](C[C@@H](O)CN)NC(=O)[C@@H](N)Cc2cc(ccc2O)-c2cccc(c2)C[C@H]1C(=O)NCC(O)CNC(=O)[C@@H](N)CCCN. The Balaban J connectivity index is 1.90. The lowest BCUT2D eigenvalue weighted by molar-refractivity contribution is -0.142. The van der Waals surface area contributed by atoms with Crippen molar-refractivity contribution >= 4 is 23.6 Å². The molecule has 0 fully saturated rings. The lowest BCUT2D eigenvalue weighted by Crippen LogP contribution is -2.58. The Morgan fingerprint density at radius 3 is 2.43 bits per heavy atom. The van der Waals surface area contributed by atoms with Crippen molar-refractivity contribution in [2.45, 2.75) is 68.5 Å². The first-order valence-electron chi connectivity index (χ1n) is 15.7. The number of amides is 4. The summed E-state index contributed by atoms with van der Waals surface area (Å²) in [7, 11) is 1.41. The van der Waals surface area contributed by atoms with Crippen LogP contribution in [-0.4, -0.2) is 113 Å². The predicted octanol–water partition coefficient (Wildman–Crippen LogP) is -2.83. The number of benzene rings is 2. The molecule has 15 nitrogen and oxygen atoms in total. The zero-order valence-corrected chi connectivity index (χ0v) is 26.6. The molecule has 2 aromatic carbocycles. The molecule has 0 aliphatic carbocycles. The Morgan fingerprint density at radius 2 is 1.72 bits per heavy atom. The molecule has 3 rings (SSSR count). The summed E-state index contributed by atoms with van der Waals surface area (Å²) in [5.74, 6) is -2.48. The first-order valence-corrected chi connectivity index (χ1v) is 15.7. The van der Waals surface area contributed by atoms with Gasteiger partial charge in [0, 0.05) is 45.9 Å². The largest absolute Gasteiger partial charge is 0.508 e. The number of likely N-dealkylation sites (N-methyl/N-ethyl adjacent to an activating group) is 1. The Morgan fingerprint density at radius 1 is 1.02 bits per heavy atom. The van der Waals surface area contributed by atoms with Gasteiger partial charge in [-0.25, -0.2) is 0 Å². The number of nitrogens with zero attached hydrogens (tertiary/aromatic N) is 1. The standard InChI is InChI=1S/C32H48N8O7/c1-40-27(31(46)38-17-23(42)16-37-29(44)24(35)6-3-9-33)11-18-4-2-5-19(10-18)20-7-8-28(43)21(12-20)13-25(36)30(45)39-26(32(40)47)14-22(41)15-34/h2,4-5,7-8,10,12,22-27,41-43H,3,6,9,11,13-17,33-36H2,1H3,(H,37,44)(H,38,46)(H,39,45)/t22-,23?,24+,25+,26+,27+/m1/s1. The third-order valence-electron chi connectivity index (χ3n) is 8.14. The van der Waals surface area contributed by atoms with Crippen LogP contribution >= 0.6 is 0 Å². The van der Waals surface area contributed by atoms with Crippen molar-refractivity contribution < 1.29 is 34.5 Å². The van der Waals surface area contributed by atoms with Gasteiger partial charge in [0.05, 0.1) is 24.3 Å². The summed E-state index contributed by atoms with van der Waals surface area (Å²) in [6.45, 7) is -0.201. The number of phenols is 1. The number of nitrogens with two attached hydrogens (primary N) is 4. The average molecular weight is 657 g/mol. The van der Waals surface area contributed by atoms with Crippen LogP contribution in [0.1, 0.15) is 30.4 Å². The number of aliphatic hydroxyl groups excluding tert-OH is 2. The molecule has 0 aromatic heterocycles. The average Bonchev–Trinajstić information content (AvgIpc) is 3.06. The van der Waals surface area contributed by atoms with E-state index in [1.54, 1.807) is 24.3 Å². The summed E-state index contributed by atoms with van der Waals surface area (Å²) < 4.78 is 0. The molecule has 1 aliphatic rings. The van der Waals surface area contributed by atoms with Crippen molar-refractivity contribution in [1.29, 1.82) is 0 Å². The number of aromatic hydroxyl groups is 1. The number of hydrogen-bond acceptors (Lipinski definition) is 11. The Hall–Kier alpha value is -4.12. The number of fused-ring (bicyclic) bond motifs is 5. The summed E-state index contributed by atoms with van der Waals surface area (Å²) in [6.07, 6.45) is -1.56. The van der Waals surface area contributed by atoms with Gasteiger partial charge in [0.1, 0.15) is 17.8 Å². The quantitative estimate of drug-likeness (QED) is 0.111. The monoisotopic (exact) mass is 656 g/mol. The van der Waals surface area contributed by atoms with Gasteiger partial charge < -0.3 is 59.1 Å². The highest BCUT2D eigenvalue weighted by Gasteiger charge is 2.34. The number of nitrogens with one attached hydrogen (secondary N) is 3. The molecule has 15 heteroatoms. The van der Waals surface area contributed by atoms with E-state index in [1.807, 2.05) is 12.1 Å². The van der Waals surface area contributed by atoms with Gasteiger partial charge in [-0.2, -0.15) is 0 Å². The minimum Gasteiger partial charge on any atom is -0.508 e. The van der Waals surface area contributed by atoms with Crippen LogP contribution in [0.4, 0.5) is 0 Å². The molecular weight excluding hydrogens is 608 g/mol. The first kappa shape index (κ1) is 37.3. The van der Waals surface area contributed by atoms with E-state index in [-0.39, 0.29) is 44.6 Å². The maximum atomic E-state index is 13.9. The summed E-state index contributed by atoms with van der Waals surface area (Å²) in [5.41, 5.74) is 25.7. The van der Waals surface area contributed by atoms with E-state index in [0.717, 1.165) is 11.1 Å². The van der Waals surface area contributed by atoms with Crippen molar-refractivity contribution in [3.05, 3.63) is 53.6 Å². The van der Waals surface area contributed by atoms with E-state index in [1.165, 1.54) is 18.0 Å². The first-order chi connectivity index (χ1) is 22.3. The number of aliphatic hydroxyl groups is 2. The van der Waals surface area contributed by atoms with Gasteiger partial charge in [-0.3, -0.25) is 19.2 Å². The third kappa shape index (κ3) is 10.7. The minimum absolute atomic E-state index is 0.0329. The topological polar surface area (TPSA) is 272 Å². The van der Waals surface area contributed by atoms with E-state index in [9.17, 15) is 34.5 Å². The number of phenolic OH excluding ortho intramolecular Hbond substituents is 1. The number of hydrogen-bond donors (Lipinski definition) is 10. The summed E-state index contributed by atoms with van der Waals surface area (Å²) in [5, 5.41) is 39.1. The van der Waals surface area contributed by atoms with Gasteiger partial charge in [0.2, 0.25) is 23.6 Å². The fourth-order valence-electron chi connectivity index (χ4n) is 5.26. The summed E-state index contributed by atoms with van der Waals surface area (Å²) >= 11 is 0. The molecule has 6 atom stereocenters. The molecule has 0 radical (unpaired) electrons. The maximum Gasteiger partial charge on any atom is 0.245 e. The highest BCUT2D eigenvalue weighted by atomic mass is 16.3. The van der Waals surface area contributed by atoms with Crippen molar-refractivity contribution in [1.82, 2.24) is 20.9 Å². The zero-order chi connectivity index (χ0) is 34.7. The number of rotatable bonds is 12. The fourth-order valence-corrected chi connectivity index (χ4v) is 5.26. The normalized spacial score (nSPS) is 20.7. The van der Waals surface area contributed by atoms with Crippen LogP contribution in [0.5, 0.6) is 5.75 Å². The Labute approximate surface area is 274 Å². The number of carbonyl (C=O) groups excluding carboxylic acids is 4. The second kappa shape index (κ2) is 17.7. The van der Waals surface area contributed by atoms with Gasteiger partial charge in [0.25, 0.3) is 0 Å². The van der Waals surface area contributed by atoms with E-state index >= 15 is 0 Å². The van der Waals surface area contributed by atoms with Gasteiger partial charge >= 0.3 is 0 Å². The smallest absolute Gasteiger partial charge is 0.245 e. The van der Waals surface area contributed by atoms with Crippen LogP contribution in [0.3, 0.4) is 0 Å². The molecule has 0 saturated carbocycles. The molecule has 14 N–H and O–H groups in total. The molecule has 0 saturated heterocycles. The second-order valence-electron chi connectivity index (χ2n) is 11.9. The lowest BCUT2D eigenvalue weighted by Gasteiger charge is -2.32. The van der Waals surface area contributed by atoms with E-state index < -0.39 is 60.0 Å². The minimum atomic E-state index is -1.28. The molecule has 1 aliphatic heterocycles. The highest BCUT2D eigenvalue weighted by Crippen LogP contribution is 2.28. The van der Waals surface area contributed by atoms with Crippen LogP contribution in [0.2, 0.25) is 0 Å². The molecule has 47 heavy (non-hydrogen) atoms. The van der Waals surface area contributed by atoms with Crippen LogP contribution in [0.25, 0.3) is 11.1 Å². The van der Waals surface area contributed by atoms with E-state index in [4.69, 9.17) is 22.9 Å². The van der Waals surface area contributed by atoms with Crippen LogP contribution in [0, 0.1) is 0 Å². The lowest BCUT2D eigenvalue weighted by atomic mass is 9.95. The van der Waals surface area contributed by atoms with Gasteiger partial charge in [-0.05, 0) is 53.8 Å². The van der Waals surface area contributed by atoms with Crippen LogP contribution in [-0.2, 0) is 32.0 Å². The van der Waals surface area contributed by atoms with E-state index in [2.05, 4.69) is 16.0 Å². The Kier molecular flexibility index (Phi) is 14.1. The molecule has 2 aromatic rings. The van der Waals surface area contributed by atoms with Crippen LogP contribution < -0.4 is 38.9 Å². The Bertz CT molecular complexity index is 1390. The molecular formula is C32H48N8O7. The van der Waals surface area contributed by atoms with E-state index in [0.29, 0.717) is 30.5 Å². The van der Waals surface area contributed by atoms with Crippen molar-refractivity contribution in [2.24, 2.45) is 22.9 Å². The molecule has 4 bridgehead atoms. The molecule has 0 spiro atoms. The predicted molar refractivity (Wildman–Crippen MR) is 175 cm³/mol. The molecule has 4 amide bonds. The summed E-state index contributed by atoms with van der Waals surface area (Å²) in [4.78, 5) is 54.1. The van der Waals surface area contributed by atoms with Crippen LogP contribution in [0.15, 0.2) is 42.5 Å². The molecule has 1 heterocycles.